The third kappa shape index (κ3) is 2.70. The summed E-state index contributed by atoms with van der Waals surface area (Å²) in [5, 5.41) is 10.4. The van der Waals surface area contributed by atoms with Gasteiger partial charge in [-0.3, -0.25) is 4.79 Å². The van der Waals surface area contributed by atoms with Gasteiger partial charge in [-0.15, -0.1) is 0 Å². The maximum absolute atomic E-state index is 13.6. The van der Waals surface area contributed by atoms with Crippen LogP contribution in [0.1, 0.15) is 28.2 Å². The molecule has 5 heteroatoms. The van der Waals surface area contributed by atoms with Crippen LogP contribution in [0.25, 0.3) is 11.0 Å². The fraction of sp³-hybridized carbons (Fsp3) is 0.222. The first kappa shape index (κ1) is 15.2. The van der Waals surface area contributed by atoms with Crippen LogP contribution in [-0.4, -0.2) is 20.4 Å². The highest BCUT2D eigenvalue weighted by Crippen LogP contribution is 2.29. The summed E-state index contributed by atoms with van der Waals surface area (Å²) in [6.07, 6.45) is 0.469. The van der Waals surface area contributed by atoms with Gasteiger partial charge in [0.2, 0.25) is 0 Å². The lowest BCUT2D eigenvalue weighted by molar-refractivity contribution is 0.0979. The molecule has 0 aliphatic carbocycles. The van der Waals surface area contributed by atoms with E-state index in [0.29, 0.717) is 17.5 Å². The summed E-state index contributed by atoms with van der Waals surface area (Å²) >= 11 is 0. The van der Waals surface area contributed by atoms with Crippen molar-refractivity contribution in [3.63, 3.8) is 0 Å². The standard InChI is InChI=1S/C18H17FN2O2/c1-11-20-17-15(21(11)2)9-7-12(18(17)23)8-10-16(22)13-5-3-4-6-14(13)19/h3-7,9,23H,8,10H2,1-2H3. The van der Waals surface area contributed by atoms with E-state index in [2.05, 4.69) is 4.98 Å². The molecule has 0 spiro atoms. The van der Waals surface area contributed by atoms with Gasteiger partial charge in [-0.1, -0.05) is 18.2 Å². The minimum Gasteiger partial charge on any atom is -0.505 e. The van der Waals surface area contributed by atoms with Gasteiger partial charge in [0.05, 0.1) is 11.1 Å². The Kier molecular flexibility index (Phi) is 3.86. The molecule has 0 unspecified atom stereocenters. The lowest BCUT2D eigenvalue weighted by atomic mass is 10.0. The summed E-state index contributed by atoms with van der Waals surface area (Å²) in [4.78, 5) is 16.5. The van der Waals surface area contributed by atoms with Gasteiger partial charge in [0.15, 0.2) is 5.78 Å². The van der Waals surface area contributed by atoms with E-state index in [0.717, 1.165) is 11.3 Å². The number of nitrogens with zero attached hydrogens (tertiary/aromatic N) is 2. The number of hydrogen-bond donors (Lipinski definition) is 1. The van der Waals surface area contributed by atoms with Crippen LogP contribution in [0.5, 0.6) is 5.75 Å². The van der Waals surface area contributed by atoms with Crippen molar-refractivity contribution in [1.29, 1.82) is 0 Å². The first-order chi connectivity index (χ1) is 11.0. The lowest BCUT2D eigenvalue weighted by Gasteiger charge is -2.06. The Morgan fingerprint density at radius 2 is 2.00 bits per heavy atom. The molecule has 2 aromatic carbocycles. The zero-order chi connectivity index (χ0) is 16.6. The number of rotatable bonds is 4. The number of benzene rings is 2. The highest BCUT2D eigenvalue weighted by Gasteiger charge is 2.15. The fourth-order valence-corrected chi connectivity index (χ4v) is 2.67. The second-order valence-electron chi connectivity index (χ2n) is 5.56. The summed E-state index contributed by atoms with van der Waals surface area (Å²) in [5.41, 5.74) is 2.09. The maximum Gasteiger partial charge on any atom is 0.166 e. The molecule has 0 saturated carbocycles. The van der Waals surface area contributed by atoms with E-state index in [4.69, 9.17) is 0 Å². The van der Waals surface area contributed by atoms with E-state index in [-0.39, 0.29) is 23.5 Å². The third-order valence-electron chi connectivity index (χ3n) is 4.13. The molecule has 0 saturated heterocycles. The average molecular weight is 312 g/mol. The molecule has 0 amide bonds. The van der Waals surface area contributed by atoms with E-state index in [1.807, 2.05) is 24.6 Å². The van der Waals surface area contributed by atoms with Crippen LogP contribution in [0, 0.1) is 12.7 Å². The number of phenolic OH excluding ortho intramolecular Hbond substituents is 1. The quantitative estimate of drug-likeness (QED) is 0.750. The predicted octanol–water partition coefficient (Wildman–Crippen LogP) is 3.54. The van der Waals surface area contributed by atoms with Crippen molar-refractivity contribution in [3.8, 4) is 5.75 Å². The molecule has 0 bridgehead atoms. The fourth-order valence-electron chi connectivity index (χ4n) is 2.67. The smallest absolute Gasteiger partial charge is 0.166 e. The summed E-state index contributed by atoms with van der Waals surface area (Å²) in [6, 6.07) is 9.59. The average Bonchev–Trinajstić information content (AvgIpc) is 2.83. The highest BCUT2D eigenvalue weighted by molar-refractivity contribution is 5.96. The SMILES string of the molecule is Cc1nc2c(O)c(CCC(=O)c3ccccc3F)ccc2n1C. The van der Waals surface area contributed by atoms with Crippen molar-refractivity contribution in [3.05, 3.63) is 59.2 Å². The van der Waals surface area contributed by atoms with E-state index >= 15 is 0 Å². The van der Waals surface area contributed by atoms with Gasteiger partial charge in [0.25, 0.3) is 0 Å². The van der Waals surface area contributed by atoms with Gasteiger partial charge in [0.1, 0.15) is 22.9 Å². The molecule has 118 valence electrons. The van der Waals surface area contributed by atoms with Crippen molar-refractivity contribution < 1.29 is 14.3 Å². The maximum atomic E-state index is 13.6. The van der Waals surface area contributed by atoms with Crippen molar-refractivity contribution in [2.45, 2.75) is 19.8 Å². The Balaban J connectivity index is 1.84. The van der Waals surface area contributed by atoms with Crippen LogP contribution in [-0.2, 0) is 13.5 Å². The molecule has 0 aliphatic heterocycles. The number of halogens is 1. The molecule has 1 N–H and O–H groups in total. The Hall–Kier alpha value is -2.69. The molecule has 0 radical (unpaired) electrons. The van der Waals surface area contributed by atoms with Crippen molar-refractivity contribution in [1.82, 2.24) is 9.55 Å². The molecule has 0 aliphatic rings. The van der Waals surface area contributed by atoms with Gasteiger partial charge in [-0.05, 0) is 37.1 Å². The van der Waals surface area contributed by atoms with Crippen molar-refractivity contribution in [2.75, 3.05) is 0 Å². The van der Waals surface area contributed by atoms with Crippen LogP contribution in [0.4, 0.5) is 4.39 Å². The molecule has 3 rings (SSSR count). The number of ketones is 1. The topological polar surface area (TPSA) is 55.1 Å². The van der Waals surface area contributed by atoms with Gasteiger partial charge in [-0.25, -0.2) is 9.37 Å². The number of imidazole rings is 1. The zero-order valence-electron chi connectivity index (χ0n) is 13.0. The Labute approximate surface area is 133 Å². The minimum absolute atomic E-state index is 0.0850. The first-order valence-corrected chi connectivity index (χ1v) is 7.40. The monoisotopic (exact) mass is 312 g/mol. The van der Waals surface area contributed by atoms with E-state index in [1.54, 1.807) is 18.2 Å². The van der Waals surface area contributed by atoms with Gasteiger partial charge >= 0.3 is 0 Å². The zero-order valence-corrected chi connectivity index (χ0v) is 13.0. The lowest BCUT2D eigenvalue weighted by Crippen LogP contribution is -2.04. The number of Topliss-reactive ketones (excluding diaryl/α,β-unsaturated/α-hetero) is 1. The normalized spacial score (nSPS) is 11.1. The van der Waals surface area contributed by atoms with Crippen LogP contribution in [0.15, 0.2) is 36.4 Å². The molecular weight excluding hydrogens is 295 g/mol. The summed E-state index contributed by atoms with van der Waals surface area (Å²) in [7, 11) is 1.88. The molecule has 4 nitrogen and oxygen atoms in total. The Morgan fingerprint density at radius 3 is 2.74 bits per heavy atom. The molecule has 1 aromatic heterocycles. The number of fused-ring (bicyclic) bond motifs is 1. The van der Waals surface area contributed by atoms with Crippen molar-refractivity contribution in [2.24, 2.45) is 7.05 Å². The number of aromatic hydroxyl groups is 1. The summed E-state index contributed by atoms with van der Waals surface area (Å²) in [6.45, 7) is 1.86. The van der Waals surface area contributed by atoms with Crippen LogP contribution >= 0.6 is 0 Å². The number of aryl methyl sites for hydroxylation is 3. The van der Waals surface area contributed by atoms with Crippen molar-refractivity contribution >= 4 is 16.8 Å². The van der Waals surface area contributed by atoms with Gasteiger partial charge in [-0.2, -0.15) is 0 Å². The Bertz CT molecular complexity index is 899. The minimum atomic E-state index is -0.516. The highest BCUT2D eigenvalue weighted by atomic mass is 19.1. The van der Waals surface area contributed by atoms with E-state index in [9.17, 15) is 14.3 Å². The molecule has 1 heterocycles. The molecule has 3 aromatic rings. The predicted molar refractivity (Wildman–Crippen MR) is 86.2 cm³/mol. The number of hydrogen-bond acceptors (Lipinski definition) is 3. The molecular formula is C18H17FN2O2. The largest absolute Gasteiger partial charge is 0.505 e. The van der Waals surface area contributed by atoms with Gasteiger partial charge < -0.3 is 9.67 Å². The van der Waals surface area contributed by atoms with Gasteiger partial charge in [0, 0.05) is 13.5 Å². The molecule has 23 heavy (non-hydrogen) atoms. The second-order valence-corrected chi connectivity index (χ2v) is 5.56. The van der Waals surface area contributed by atoms with E-state index < -0.39 is 5.82 Å². The summed E-state index contributed by atoms with van der Waals surface area (Å²) in [5.74, 6) is 0.0970. The number of phenols is 1. The van der Waals surface area contributed by atoms with Crippen LogP contribution < -0.4 is 0 Å². The second kappa shape index (κ2) is 5.83. The molecule has 0 atom stereocenters. The number of carbonyl (C=O) groups is 1. The number of carbonyl (C=O) groups excluding carboxylic acids is 1. The third-order valence-corrected chi connectivity index (χ3v) is 4.13. The summed E-state index contributed by atoms with van der Waals surface area (Å²) < 4.78 is 15.5. The van der Waals surface area contributed by atoms with Crippen LogP contribution in [0.2, 0.25) is 0 Å². The first-order valence-electron chi connectivity index (χ1n) is 7.40. The Morgan fingerprint density at radius 1 is 1.26 bits per heavy atom. The number of aromatic nitrogens is 2. The van der Waals surface area contributed by atoms with E-state index in [1.165, 1.54) is 12.1 Å². The molecule has 0 fully saturated rings. The van der Waals surface area contributed by atoms with Crippen LogP contribution in [0.3, 0.4) is 0 Å².